The Kier molecular flexibility index (Phi) is 7.93. The molecular weight excluding hydrogens is 466 g/mol. The van der Waals surface area contributed by atoms with E-state index in [9.17, 15) is 9.59 Å². The molecule has 4 bridgehead atoms. The monoisotopic (exact) mass is 511 g/mol. The van der Waals surface area contributed by atoms with E-state index in [0.29, 0.717) is 48.9 Å². The number of ether oxygens (including phenoxy) is 1. The van der Waals surface area contributed by atoms with Crippen molar-refractivity contribution < 1.29 is 14.3 Å². The summed E-state index contributed by atoms with van der Waals surface area (Å²) in [6.45, 7) is 5.11. The number of aromatic nitrogens is 2. The van der Waals surface area contributed by atoms with Gasteiger partial charge in [-0.1, -0.05) is 25.3 Å². The van der Waals surface area contributed by atoms with Crippen LogP contribution in [0.1, 0.15) is 88.4 Å². The number of amides is 2. The zero-order valence-corrected chi connectivity index (χ0v) is 22.6. The molecule has 6 rings (SSSR count). The van der Waals surface area contributed by atoms with Gasteiger partial charge in [0.25, 0.3) is 5.91 Å². The Morgan fingerprint density at radius 2 is 1.78 bits per heavy atom. The van der Waals surface area contributed by atoms with Gasteiger partial charge in [0.2, 0.25) is 11.8 Å². The summed E-state index contributed by atoms with van der Waals surface area (Å²) in [5.74, 6) is 3.72. The molecule has 0 aromatic carbocycles. The third-order valence-electron chi connectivity index (χ3n) is 9.35. The molecule has 5 saturated carbocycles. The van der Waals surface area contributed by atoms with E-state index in [4.69, 9.17) is 10.5 Å². The molecule has 5 aliphatic carbocycles. The summed E-state index contributed by atoms with van der Waals surface area (Å²) in [5.41, 5.74) is 5.26. The van der Waals surface area contributed by atoms with Crippen LogP contribution in [0.15, 0.2) is 12.3 Å². The van der Waals surface area contributed by atoms with E-state index < -0.39 is 5.41 Å². The summed E-state index contributed by atoms with van der Waals surface area (Å²) in [4.78, 5) is 26.2. The van der Waals surface area contributed by atoms with Crippen LogP contribution in [0.25, 0.3) is 6.20 Å². The molecule has 37 heavy (non-hydrogen) atoms. The molecule has 5 aliphatic rings. The van der Waals surface area contributed by atoms with Crippen LogP contribution in [0.3, 0.4) is 0 Å². The number of nitrogens with one attached hydrogen (secondary N) is 2. The van der Waals surface area contributed by atoms with Gasteiger partial charge >= 0.3 is 0 Å². The number of rotatable bonds is 10. The first-order valence-electron chi connectivity index (χ1n) is 14.5. The molecule has 0 spiro atoms. The minimum absolute atomic E-state index is 0.0873. The average molecular weight is 512 g/mol. The second-order valence-electron chi connectivity index (χ2n) is 12.6. The number of hydrogen-bond acceptors (Lipinski definition) is 5. The number of carbonyl (C=O) groups is 2. The van der Waals surface area contributed by atoms with Crippen LogP contribution < -0.4 is 21.1 Å². The van der Waals surface area contributed by atoms with Gasteiger partial charge in [-0.05, 0) is 88.4 Å². The Morgan fingerprint density at radius 1 is 1.11 bits per heavy atom. The van der Waals surface area contributed by atoms with Crippen molar-refractivity contribution in [1.29, 1.82) is 0 Å². The van der Waals surface area contributed by atoms with Crippen molar-refractivity contribution in [3.8, 4) is 5.88 Å². The average Bonchev–Trinajstić information content (AvgIpc) is 3.30. The Bertz CT molecular complexity index is 966. The van der Waals surface area contributed by atoms with E-state index in [1.165, 1.54) is 51.4 Å². The summed E-state index contributed by atoms with van der Waals surface area (Å²) >= 11 is 0. The number of nitrogens with zero attached hydrogens (tertiary/aromatic N) is 2. The third-order valence-corrected chi connectivity index (χ3v) is 9.35. The predicted molar refractivity (Wildman–Crippen MR) is 144 cm³/mol. The van der Waals surface area contributed by atoms with E-state index in [1.54, 1.807) is 23.2 Å². The van der Waals surface area contributed by atoms with Gasteiger partial charge in [0.1, 0.15) is 5.56 Å². The maximum Gasteiger partial charge on any atom is 0.258 e. The molecule has 204 valence electrons. The first-order chi connectivity index (χ1) is 17.8. The van der Waals surface area contributed by atoms with Crippen molar-refractivity contribution in [3.63, 3.8) is 0 Å². The van der Waals surface area contributed by atoms with E-state index in [2.05, 4.69) is 15.7 Å². The fourth-order valence-corrected chi connectivity index (χ4v) is 7.44. The van der Waals surface area contributed by atoms with Gasteiger partial charge < -0.3 is 21.1 Å². The molecule has 1 aromatic rings. The Balaban J connectivity index is 1.33. The summed E-state index contributed by atoms with van der Waals surface area (Å²) in [7, 11) is 0. The molecule has 8 heteroatoms. The summed E-state index contributed by atoms with van der Waals surface area (Å²) in [6.07, 6.45) is 17.7. The minimum Gasteiger partial charge on any atom is -0.477 e. The highest BCUT2D eigenvalue weighted by Crippen LogP contribution is 2.53. The van der Waals surface area contributed by atoms with Gasteiger partial charge in [0.15, 0.2) is 0 Å². The highest BCUT2D eigenvalue weighted by Gasteiger charge is 2.48. The standard InChI is InChI=1S/C29H45N5O3/c1-29(2,28(36)31-10-9-30)8-11-34-27(37-18-19-6-4-3-5-7-19)24(17-32-34)26(35)33-25-22-13-20-12-21(15-22)16-23(25)14-20/h8,11,17,19-23,25H,3-7,9-10,12-16,18,30H2,1-2H3,(H,31,36)(H,33,35). The third kappa shape index (κ3) is 5.89. The lowest BCUT2D eigenvalue weighted by molar-refractivity contribution is -0.127. The molecule has 0 aliphatic heterocycles. The van der Waals surface area contributed by atoms with Gasteiger partial charge in [-0.25, -0.2) is 4.68 Å². The normalized spacial score (nSPS) is 29.5. The Morgan fingerprint density at radius 3 is 2.43 bits per heavy atom. The summed E-state index contributed by atoms with van der Waals surface area (Å²) in [6, 6.07) is 0.260. The van der Waals surface area contributed by atoms with Crippen LogP contribution in [-0.4, -0.2) is 47.3 Å². The van der Waals surface area contributed by atoms with Gasteiger partial charge in [-0.2, -0.15) is 5.10 Å². The maximum absolute atomic E-state index is 13.6. The van der Waals surface area contributed by atoms with Crippen molar-refractivity contribution in [1.82, 2.24) is 20.4 Å². The fourth-order valence-electron chi connectivity index (χ4n) is 7.44. The highest BCUT2D eigenvalue weighted by molar-refractivity contribution is 5.96. The lowest BCUT2D eigenvalue weighted by Gasteiger charge is -2.54. The maximum atomic E-state index is 13.6. The van der Waals surface area contributed by atoms with Gasteiger partial charge in [0.05, 0.1) is 18.2 Å². The highest BCUT2D eigenvalue weighted by atomic mass is 16.5. The molecular formula is C29H45N5O3. The van der Waals surface area contributed by atoms with Gasteiger partial charge in [-0.15, -0.1) is 0 Å². The largest absolute Gasteiger partial charge is 0.477 e. The first kappa shape index (κ1) is 26.3. The van der Waals surface area contributed by atoms with Crippen molar-refractivity contribution in [3.05, 3.63) is 17.8 Å². The van der Waals surface area contributed by atoms with E-state index >= 15 is 0 Å². The molecule has 4 N–H and O–H groups in total. The van der Waals surface area contributed by atoms with Crippen molar-refractivity contribution in [2.75, 3.05) is 19.7 Å². The molecule has 0 atom stereocenters. The predicted octanol–water partition coefficient (Wildman–Crippen LogP) is 3.97. The lowest BCUT2D eigenvalue weighted by Crippen LogP contribution is -2.55. The molecule has 1 heterocycles. The van der Waals surface area contributed by atoms with Crippen LogP contribution in [0.2, 0.25) is 0 Å². The Labute approximate surface area is 221 Å². The first-order valence-corrected chi connectivity index (χ1v) is 14.5. The van der Waals surface area contributed by atoms with Crippen LogP contribution in [0.5, 0.6) is 5.88 Å². The molecule has 1 aromatic heterocycles. The topological polar surface area (TPSA) is 111 Å². The molecule has 8 nitrogen and oxygen atoms in total. The molecule has 0 saturated heterocycles. The van der Waals surface area contributed by atoms with Gasteiger partial charge in [0, 0.05) is 25.3 Å². The lowest BCUT2D eigenvalue weighted by atomic mass is 9.54. The SMILES string of the molecule is CC(C)(C=Cn1ncc(C(=O)NC2C3CC4CC(C3)CC2C4)c1OCC1CCCCC1)C(=O)NCCN. The fraction of sp³-hybridized carbons (Fsp3) is 0.759. The van der Waals surface area contributed by atoms with Crippen LogP contribution >= 0.6 is 0 Å². The zero-order valence-electron chi connectivity index (χ0n) is 22.6. The van der Waals surface area contributed by atoms with Crippen LogP contribution in [-0.2, 0) is 4.79 Å². The smallest absolute Gasteiger partial charge is 0.258 e. The summed E-state index contributed by atoms with van der Waals surface area (Å²) in [5, 5.41) is 10.8. The molecule has 5 fully saturated rings. The quantitative estimate of drug-likeness (QED) is 0.440. The van der Waals surface area contributed by atoms with Crippen LogP contribution in [0, 0.1) is 35.0 Å². The van der Waals surface area contributed by atoms with E-state index in [-0.39, 0.29) is 17.9 Å². The van der Waals surface area contributed by atoms with E-state index in [0.717, 1.165) is 24.7 Å². The van der Waals surface area contributed by atoms with Crippen molar-refractivity contribution in [2.45, 2.75) is 84.1 Å². The number of carbonyl (C=O) groups excluding carboxylic acids is 2. The molecule has 0 radical (unpaired) electrons. The second-order valence-corrected chi connectivity index (χ2v) is 12.6. The van der Waals surface area contributed by atoms with Crippen LogP contribution in [0.4, 0.5) is 0 Å². The summed E-state index contributed by atoms with van der Waals surface area (Å²) < 4.78 is 7.96. The van der Waals surface area contributed by atoms with Gasteiger partial charge in [-0.3, -0.25) is 9.59 Å². The van der Waals surface area contributed by atoms with Crippen molar-refractivity contribution >= 4 is 18.0 Å². The second kappa shape index (κ2) is 11.2. The Hall–Kier alpha value is -2.35. The molecule has 0 unspecified atom stereocenters. The number of nitrogens with two attached hydrogens (primary N) is 1. The zero-order chi connectivity index (χ0) is 26.0. The molecule has 2 amide bonds. The minimum atomic E-state index is -0.759. The van der Waals surface area contributed by atoms with Crippen molar-refractivity contribution in [2.24, 2.45) is 40.7 Å². The van der Waals surface area contributed by atoms with E-state index in [1.807, 2.05) is 13.8 Å². The number of hydrogen-bond donors (Lipinski definition) is 3.